The van der Waals surface area contributed by atoms with Crippen molar-refractivity contribution in [1.82, 2.24) is 9.62 Å². The van der Waals surface area contributed by atoms with Gasteiger partial charge >= 0.3 is 0 Å². The number of hydrogen-bond donors (Lipinski definition) is 1. The van der Waals surface area contributed by atoms with Gasteiger partial charge in [0.15, 0.2) is 0 Å². The summed E-state index contributed by atoms with van der Waals surface area (Å²) >= 11 is 0. The van der Waals surface area contributed by atoms with E-state index < -0.39 is 10.0 Å². The average Bonchev–Trinajstić information content (AvgIpc) is 2.49. The maximum atomic E-state index is 11.9. The normalized spacial score (nSPS) is 20.9. The molecule has 2 rings (SSSR count). The number of rotatable bonds is 3. The minimum Gasteiger partial charge on any atom is -0.314 e. The maximum Gasteiger partial charge on any atom is 0.215 e. The zero-order valence-corrected chi connectivity index (χ0v) is 10.6. The van der Waals surface area contributed by atoms with Crippen LogP contribution in [0.4, 0.5) is 0 Å². The lowest BCUT2D eigenvalue weighted by Gasteiger charge is -2.19. The first-order chi connectivity index (χ1) is 8.18. The molecule has 0 saturated carbocycles. The molecular formula is C12H18N2O2S. The second-order valence-electron chi connectivity index (χ2n) is 4.20. The largest absolute Gasteiger partial charge is 0.314 e. The fourth-order valence-corrected chi connectivity index (χ4v) is 3.35. The van der Waals surface area contributed by atoms with Gasteiger partial charge in [0, 0.05) is 26.2 Å². The lowest BCUT2D eigenvalue weighted by molar-refractivity contribution is 0.423. The van der Waals surface area contributed by atoms with E-state index in [9.17, 15) is 8.42 Å². The number of hydrogen-bond acceptors (Lipinski definition) is 3. The standard InChI is InChI=1S/C12H18N2O2S/c15-17(16)11-8-13-7-10-14(17)9-6-12-4-2-1-3-5-12/h1-5,13H,6-11H2. The molecule has 1 aliphatic rings. The van der Waals surface area contributed by atoms with Crippen molar-refractivity contribution in [2.24, 2.45) is 0 Å². The second-order valence-corrected chi connectivity index (χ2v) is 6.29. The molecule has 0 radical (unpaired) electrons. The van der Waals surface area contributed by atoms with Crippen LogP contribution < -0.4 is 5.32 Å². The van der Waals surface area contributed by atoms with Gasteiger partial charge in [-0.05, 0) is 12.0 Å². The molecule has 1 N–H and O–H groups in total. The number of nitrogens with zero attached hydrogens (tertiary/aromatic N) is 1. The highest BCUT2D eigenvalue weighted by molar-refractivity contribution is 7.89. The summed E-state index contributed by atoms with van der Waals surface area (Å²) in [5.74, 6) is 0.210. The molecule has 1 saturated heterocycles. The highest BCUT2D eigenvalue weighted by atomic mass is 32.2. The SMILES string of the molecule is O=S1(=O)CCNCCN1CCc1ccccc1. The summed E-state index contributed by atoms with van der Waals surface area (Å²) in [6.07, 6.45) is 0.778. The fraction of sp³-hybridized carbons (Fsp3) is 0.500. The van der Waals surface area contributed by atoms with Crippen molar-refractivity contribution in [2.75, 3.05) is 31.9 Å². The van der Waals surface area contributed by atoms with E-state index in [2.05, 4.69) is 5.32 Å². The highest BCUT2D eigenvalue weighted by Gasteiger charge is 2.23. The minimum atomic E-state index is -3.06. The molecule has 0 atom stereocenters. The zero-order valence-electron chi connectivity index (χ0n) is 9.80. The first-order valence-corrected chi connectivity index (χ1v) is 7.52. The average molecular weight is 254 g/mol. The van der Waals surface area contributed by atoms with Crippen LogP contribution in [-0.4, -0.2) is 44.7 Å². The lowest BCUT2D eigenvalue weighted by Crippen LogP contribution is -2.35. The molecule has 94 valence electrons. The number of nitrogens with one attached hydrogen (secondary N) is 1. The van der Waals surface area contributed by atoms with E-state index >= 15 is 0 Å². The smallest absolute Gasteiger partial charge is 0.215 e. The van der Waals surface area contributed by atoms with Gasteiger partial charge in [0.05, 0.1) is 5.75 Å². The van der Waals surface area contributed by atoms with E-state index in [1.165, 1.54) is 5.56 Å². The van der Waals surface area contributed by atoms with E-state index in [1.54, 1.807) is 4.31 Å². The minimum absolute atomic E-state index is 0.210. The Bertz CT molecular complexity index is 445. The zero-order chi connectivity index (χ0) is 12.1. The van der Waals surface area contributed by atoms with Crippen LogP contribution >= 0.6 is 0 Å². The summed E-state index contributed by atoms with van der Waals surface area (Å²) in [5.41, 5.74) is 1.18. The Hall–Kier alpha value is -0.910. The first-order valence-electron chi connectivity index (χ1n) is 5.91. The molecule has 1 aromatic carbocycles. The number of benzene rings is 1. The molecule has 1 aromatic rings. The molecule has 0 bridgehead atoms. The molecule has 5 heteroatoms. The van der Waals surface area contributed by atoms with Crippen molar-refractivity contribution in [2.45, 2.75) is 6.42 Å². The van der Waals surface area contributed by atoms with E-state index in [1.807, 2.05) is 30.3 Å². The van der Waals surface area contributed by atoms with Gasteiger partial charge in [-0.25, -0.2) is 12.7 Å². The highest BCUT2D eigenvalue weighted by Crippen LogP contribution is 2.07. The predicted octanol–water partition coefficient (Wildman–Crippen LogP) is 0.464. The molecule has 0 spiro atoms. The van der Waals surface area contributed by atoms with Gasteiger partial charge in [-0.3, -0.25) is 0 Å². The van der Waals surface area contributed by atoms with Gasteiger partial charge in [0.25, 0.3) is 0 Å². The Balaban J connectivity index is 1.97. The summed E-state index contributed by atoms with van der Waals surface area (Å²) in [7, 11) is -3.06. The molecule has 1 aliphatic heterocycles. The van der Waals surface area contributed by atoms with Crippen LogP contribution in [-0.2, 0) is 16.4 Å². The van der Waals surface area contributed by atoms with Crippen molar-refractivity contribution in [3.05, 3.63) is 35.9 Å². The van der Waals surface area contributed by atoms with Crippen LogP contribution in [0, 0.1) is 0 Å². The quantitative estimate of drug-likeness (QED) is 0.853. The third-order valence-electron chi connectivity index (χ3n) is 2.96. The van der Waals surface area contributed by atoms with E-state index in [-0.39, 0.29) is 5.75 Å². The lowest BCUT2D eigenvalue weighted by atomic mass is 10.1. The van der Waals surface area contributed by atoms with Crippen LogP contribution in [0.3, 0.4) is 0 Å². The van der Waals surface area contributed by atoms with E-state index in [0.717, 1.165) is 13.0 Å². The van der Waals surface area contributed by atoms with Crippen LogP contribution in [0.25, 0.3) is 0 Å². The van der Waals surface area contributed by atoms with Crippen molar-refractivity contribution in [3.8, 4) is 0 Å². The Morgan fingerprint density at radius 1 is 1.18 bits per heavy atom. The first kappa shape index (κ1) is 12.5. The Kier molecular flexibility index (Phi) is 4.15. The fourth-order valence-electron chi connectivity index (χ4n) is 1.95. The summed E-state index contributed by atoms with van der Waals surface area (Å²) < 4.78 is 25.4. The van der Waals surface area contributed by atoms with Crippen molar-refractivity contribution in [1.29, 1.82) is 0 Å². The maximum absolute atomic E-state index is 11.9. The molecule has 0 amide bonds. The van der Waals surface area contributed by atoms with E-state index in [0.29, 0.717) is 19.6 Å². The van der Waals surface area contributed by atoms with Gasteiger partial charge in [-0.1, -0.05) is 30.3 Å². The third-order valence-corrected chi connectivity index (χ3v) is 4.83. The van der Waals surface area contributed by atoms with Crippen molar-refractivity contribution in [3.63, 3.8) is 0 Å². The topological polar surface area (TPSA) is 49.4 Å². The molecule has 0 unspecified atom stereocenters. The predicted molar refractivity (Wildman–Crippen MR) is 68.4 cm³/mol. The van der Waals surface area contributed by atoms with Gasteiger partial charge < -0.3 is 5.32 Å². The summed E-state index contributed by atoms with van der Waals surface area (Å²) in [4.78, 5) is 0. The summed E-state index contributed by atoms with van der Waals surface area (Å²) in [6.45, 7) is 2.46. The van der Waals surface area contributed by atoms with Gasteiger partial charge in [0.1, 0.15) is 0 Å². The Labute approximate surface area is 103 Å². The van der Waals surface area contributed by atoms with Gasteiger partial charge in [-0.15, -0.1) is 0 Å². The van der Waals surface area contributed by atoms with Crippen LogP contribution in [0.2, 0.25) is 0 Å². The van der Waals surface area contributed by atoms with Crippen molar-refractivity contribution < 1.29 is 8.42 Å². The molecular weight excluding hydrogens is 236 g/mol. The molecule has 1 fully saturated rings. The van der Waals surface area contributed by atoms with Crippen molar-refractivity contribution >= 4 is 10.0 Å². The van der Waals surface area contributed by atoms with Gasteiger partial charge in [-0.2, -0.15) is 0 Å². The summed E-state index contributed by atoms with van der Waals surface area (Å²) in [5, 5.41) is 3.11. The molecule has 0 aromatic heterocycles. The molecule has 4 nitrogen and oxygen atoms in total. The second kappa shape index (κ2) is 5.62. The van der Waals surface area contributed by atoms with Crippen LogP contribution in [0.15, 0.2) is 30.3 Å². The van der Waals surface area contributed by atoms with Gasteiger partial charge in [0.2, 0.25) is 10.0 Å². The Morgan fingerprint density at radius 3 is 2.71 bits per heavy atom. The summed E-state index contributed by atoms with van der Waals surface area (Å²) in [6, 6.07) is 9.99. The third kappa shape index (κ3) is 3.52. The molecule has 1 heterocycles. The monoisotopic (exact) mass is 254 g/mol. The Morgan fingerprint density at radius 2 is 1.94 bits per heavy atom. The van der Waals surface area contributed by atoms with Crippen LogP contribution in [0.1, 0.15) is 5.56 Å². The molecule has 17 heavy (non-hydrogen) atoms. The van der Waals surface area contributed by atoms with Crippen LogP contribution in [0.5, 0.6) is 0 Å². The van der Waals surface area contributed by atoms with E-state index in [4.69, 9.17) is 0 Å². The number of sulfonamides is 1. The molecule has 0 aliphatic carbocycles.